The normalized spacial score (nSPS) is 11.7. The number of rotatable bonds is 5. The molecule has 0 aliphatic rings. The largest absolute Gasteiger partial charge is 0.328 e. The molecule has 6 nitrogen and oxygen atoms in total. The molecule has 0 fully saturated rings. The van der Waals surface area contributed by atoms with Gasteiger partial charge in [-0.15, -0.1) is 0 Å². The van der Waals surface area contributed by atoms with Gasteiger partial charge in [-0.25, -0.2) is 14.2 Å². The Kier molecular flexibility index (Phi) is 6.18. The minimum Gasteiger partial charge on any atom is -0.237 e. The molecule has 3 aromatic heterocycles. The summed E-state index contributed by atoms with van der Waals surface area (Å²) in [6, 6.07) is 36.3. The zero-order valence-corrected chi connectivity index (χ0v) is 23.4. The van der Waals surface area contributed by atoms with Gasteiger partial charge in [0.1, 0.15) is 16.9 Å². The number of aromatic nitrogens is 6. The van der Waals surface area contributed by atoms with E-state index in [0.717, 1.165) is 62.2 Å². The lowest BCUT2D eigenvalue weighted by atomic mass is 10.1. The molecule has 0 bridgehead atoms. The van der Waals surface area contributed by atoms with Gasteiger partial charge in [0.2, 0.25) is 5.82 Å². The summed E-state index contributed by atoms with van der Waals surface area (Å²) in [5.41, 5.74) is 9.10. The van der Waals surface area contributed by atoms with Crippen LogP contribution in [0.4, 0.5) is 0 Å². The standard InChI is InChI=1S/C34H26ClN6/c1-23-29(24(2)41(38-23)28-16-10-5-11-17-28)19-21-32-39(26-12-6-3-7-13-26)33-34(40(32)27-14-8-4-9-15-27)37-31-22-25(35)18-20-30(31)36-33/h3-22H,1-2H3/q+1. The highest BCUT2D eigenvalue weighted by Crippen LogP contribution is 2.26. The van der Waals surface area contributed by atoms with Crippen LogP contribution in [0.5, 0.6) is 0 Å². The highest BCUT2D eigenvalue weighted by molar-refractivity contribution is 6.31. The van der Waals surface area contributed by atoms with E-state index in [-0.39, 0.29) is 0 Å². The van der Waals surface area contributed by atoms with E-state index in [4.69, 9.17) is 26.7 Å². The summed E-state index contributed by atoms with van der Waals surface area (Å²) in [5, 5.41) is 5.48. The van der Waals surface area contributed by atoms with Crippen molar-refractivity contribution in [3.05, 3.63) is 137 Å². The number of halogens is 1. The molecule has 0 saturated carbocycles. The smallest absolute Gasteiger partial charge is 0.237 e. The molecular formula is C34H26ClN6+. The second-order valence-corrected chi connectivity index (χ2v) is 10.3. The lowest BCUT2D eigenvalue weighted by molar-refractivity contribution is -0.572. The Labute approximate surface area is 242 Å². The third-order valence-corrected chi connectivity index (χ3v) is 7.48. The Morgan fingerprint density at radius 2 is 1.37 bits per heavy atom. The van der Waals surface area contributed by atoms with Gasteiger partial charge in [-0.2, -0.15) is 9.67 Å². The van der Waals surface area contributed by atoms with Crippen LogP contribution >= 0.6 is 11.6 Å². The van der Waals surface area contributed by atoms with Gasteiger partial charge < -0.3 is 0 Å². The SMILES string of the molecule is Cc1nn(-c2ccccc2)c(C)c1C=Cc1n(-c2ccccc2)c2nc3cc(Cl)ccc3nc2[n+]1-c1ccccc1. The Bertz CT molecular complexity index is 2060. The van der Waals surface area contributed by atoms with Crippen molar-refractivity contribution in [1.82, 2.24) is 24.3 Å². The number of fused-ring (bicyclic) bond motifs is 2. The third-order valence-electron chi connectivity index (χ3n) is 7.25. The second-order valence-electron chi connectivity index (χ2n) is 9.87. The predicted octanol–water partition coefficient (Wildman–Crippen LogP) is 7.48. The maximum absolute atomic E-state index is 6.35. The van der Waals surface area contributed by atoms with E-state index in [9.17, 15) is 0 Å². The molecule has 0 amide bonds. The molecule has 7 aromatic rings. The van der Waals surface area contributed by atoms with Crippen molar-refractivity contribution in [2.45, 2.75) is 13.8 Å². The summed E-state index contributed by atoms with van der Waals surface area (Å²) in [4.78, 5) is 10.2. The molecule has 198 valence electrons. The lowest BCUT2D eigenvalue weighted by Gasteiger charge is -2.05. The first kappa shape index (κ1) is 24.9. The Balaban J connectivity index is 1.53. The molecule has 41 heavy (non-hydrogen) atoms. The maximum atomic E-state index is 6.35. The van der Waals surface area contributed by atoms with E-state index in [0.29, 0.717) is 5.02 Å². The van der Waals surface area contributed by atoms with Gasteiger partial charge in [-0.3, -0.25) is 0 Å². The van der Waals surface area contributed by atoms with Crippen LogP contribution < -0.4 is 4.57 Å². The van der Waals surface area contributed by atoms with Gasteiger partial charge in [0.15, 0.2) is 5.52 Å². The molecule has 0 aliphatic carbocycles. The molecule has 0 spiro atoms. The molecule has 0 radical (unpaired) electrons. The van der Waals surface area contributed by atoms with E-state index in [2.05, 4.69) is 64.6 Å². The average Bonchev–Trinajstić information content (AvgIpc) is 3.48. The van der Waals surface area contributed by atoms with E-state index < -0.39 is 0 Å². The Morgan fingerprint density at radius 1 is 0.707 bits per heavy atom. The van der Waals surface area contributed by atoms with Crippen molar-refractivity contribution in [2.75, 3.05) is 0 Å². The molecule has 7 heteroatoms. The Morgan fingerprint density at radius 3 is 2.07 bits per heavy atom. The van der Waals surface area contributed by atoms with Crippen molar-refractivity contribution in [3.8, 4) is 17.1 Å². The van der Waals surface area contributed by atoms with Crippen LogP contribution in [0, 0.1) is 13.8 Å². The summed E-state index contributed by atoms with van der Waals surface area (Å²) in [6.45, 7) is 4.15. The molecule has 0 N–H and O–H groups in total. The van der Waals surface area contributed by atoms with Crippen LogP contribution in [-0.4, -0.2) is 24.3 Å². The minimum atomic E-state index is 0.626. The van der Waals surface area contributed by atoms with Crippen LogP contribution in [0.15, 0.2) is 109 Å². The molecule has 4 aromatic carbocycles. The average molecular weight is 554 g/mol. The van der Waals surface area contributed by atoms with E-state index in [1.807, 2.05) is 84.4 Å². The summed E-state index contributed by atoms with van der Waals surface area (Å²) in [5.74, 6) is 0.907. The predicted molar refractivity (Wildman–Crippen MR) is 165 cm³/mol. The van der Waals surface area contributed by atoms with Crippen molar-refractivity contribution >= 4 is 46.1 Å². The van der Waals surface area contributed by atoms with Crippen molar-refractivity contribution < 1.29 is 4.57 Å². The first-order valence-electron chi connectivity index (χ1n) is 13.4. The second kappa shape index (κ2) is 10.2. The number of nitrogens with zero attached hydrogens (tertiary/aromatic N) is 6. The molecule has 3 heterocycles. The number of benzene rings is 4. The van der Waals surface area contributed by atoms with Crippen LogP contribution in [0.1, 0.15) is 22.8 Å². The molecule has 0 unspecified atom stereocenters. The molecule has 0 saturated heterocycles. The van der Waals surface area contributed by atoms with Crippen LogP contribution in [0.3, 0.4) is 0 Å². The van der Waals surface area contributed by atoms with E-state index in [1.54, 1.807) is 0 Å². The van der Waals surface area contributed by atoms with Crippen LogP contribution in [0.25, 0.3) is 51.5 Å². The van der Waals surface area contributed by atoms with Gasteiger partial charge in [-0.05, 0) is 74.5 Å². The third kappa shape index (κ3) is 4.39. The molecule has 0 atom stereocenters. The fourth-order valence-corrected chi connectivity index (χ4v) is 5.48. The van der Waals surface area contributed by atoms with Crippen molar-refractivity contribution in [1.29, 1.82) is 0 Å². The highest BCUT2D eigenvalue weighted by atomic mass is 35.5. The molecule has 0 aliphatic heterocycles. The summed E-state index contributed by atoms with van der Waals surface area (Å²) < 4.78 is 6.30. The zero-order valence-electron chi connectivity index (χ0n) is 22.6. The van der Waals surface area contributed by atoms with Gasteiger partial charge in [0, 0.05) is 22.4 Å². The number of para-hydroxylation sites is 3. The number of hydrogen-bond acceptors (Lipinski definition) is 3. The van der Waals surface area contributed by atoms with Gasteiger partial charge in [-0.1, -0.05) is 71.2 Å². The molecular weight excluding hydrogens is 528 g/mol. The van der Waals surface area contributed by atoms with Crippen molar-refractivity contribution in [3.63, 3.8) is 0 Å². The summed E-state index contributed by atoms with van der Waals surface area (Å²) in [7, 11) is 0. The van der Waals surface area contributed by atoms with E-state index >= 15 is 0 Å². The summed E-state index contributed by atoms with van der Waals surface area (Å²) in [6.07, 6.45) is 4.27. The fourth-order valence-electron chi connectivity index (χ4n) is 5.31. The molecule has 7 rings (SSSR count). The number of aryl methyl sites for hydroxylation is 1. The maximum Gasteiger partial charge on any atom is 0.328 e. The monoisotopic (exact) mass is 553 g/mol. The van der Waals surface area contributed by atoms with Crippen molar-refractivity contribution in [2.24, 2.45) is 0 Å². The number of imidazole rings is 1. The van der Waals surface area contributed by atoms with Crippen LogP contribution in [0.2, 0.25) is 5.02 Å². The van der Waals surface area contributed by atoms with Gasteiger partial charge in [0.05, 0.1) is 11.4 Å². The topological polar surface area (TPSA) is 52.4 Å². The van der Waals surface area contributed by atoms with Gasteiger partial charge in [0.25, 0.3) is 5.65 Å². The highest BCUT2D eigenvalue weighted by Gasteiger charge is 2.28. The fraction of sp³-hybridized carbons (Fsp3) is 0.0588. The number of hydrogen-bond donors (Lipinski definition) is 0. The first-order chi connectivity index (χ1) is 20.1. The minimum absolute atomic E-state index is 0.626. The van der Waals surface area contributed by atoms with Crippen LogP contribution in [-0.2, 0) is 0 Å². The first-order valence-corrected chi connectivity index (χ1v) is 13.8. The quantitative estimate of drug-likeness (QED) is 0.208. The van der Waals surface area contributed by atoms with Gasteiger partial charge >= 0.3 is 5.65 Å². The zero-order chi connectivity index (χ0) is 27.9. The Hall–Kier alpha value is -5.07. The van der Waals surface area contributed by atoms with E-state index in [1.165, 1.54) is 0 Å². The lowest BCUT2D eigenvalue weighted by Crippen LogP contribution is -2.34. The summed E-state index contributed by atoms with van der Waals surface area (Å²) >= 11 is 6.35.